The summed E-state index contributed by atoms with van der Waals surface area (Å²) in [5.41, 5.74) is 0. The largest absolute Gasteiger partial charge is 0.294 e. The molecule has 2 nitrogen and oxygen atoms in total. The van der Waals surface area contributed by atoms with Crippen molar-refractivity contribution in [2.24, 2.45) is 71.0 Å². The number of hydrogen-bond acceptors (Lipinski definition) is 2. The minimum atomic E-state index is 0.847. The van der Waals surface area contributed by atoms with Gasteiger partial charge in [-0.15, -0.1) is 0 Å². The van der Waals surface area contributed by atoms with Gasteiger partial charge in [0, 0.05) is 36.3 Å². The minimum absolute atomic E-state index is 0.847. The highest BCUT2D eigenvalue weighted by atomic mass is 15.3. The first kappa shape index (κ1) is 38.2. The lowest BCUT2D eigenvalue weighted by atomic mass is 9.50. The predicted molar refractivity (Wildman–Crippen MR) is 215 cm³/mol. The summed E-state index contributed by atoms with van der Waals surface area (Å²) in [7, 11) is 0. The summed E-state index contributed by atoms with van der Waals surface area (Å²) in [6.07, 6.45) is 33.1. The lowest BCUT2D eigenvalue weighted by molar-refractivity contribution is -0.161. The molecule has 0 aliphatic heterocycles. The van der Waals surface area contributed by atoms with Gasteiger partial charge in [0.2, 0.25) is 0 Å². The van der Waals surface area contributed by atoms with E-state index in [9.17, 15) is 0 Å². The molecule has 0 aromatic heterocycles. The predicted octanol–water partition coefficient (Wildman–Crippen LogP) is 13.0. The van der Waals surface area contributed by atoms with Crippen molar-refractivity contribution in [1.82, 2.24) is 9.80 Å². The van der Waals surface area contributed by atoms with Crippen LogP contribution >= 0.6 is 0 Å². The van der Waals surface area contributed by atoms with Gasteiger partial charge in [0.15, 0.2) is 0 Å². The lowest BCUT2D eigenvalue weighted by Gasteiger charge is -2.66. The highest BCUT2D eigenvalue weighted by molar-refractivity contribution is 5.12. The van der Waals surface area contributed by atoms with E-state index in [0.717, 1.165) is 107 Å². The van der Waals surface area contributed by atoms with Crippen LogP contribution in [0, 0.1) is 71.0 Å². The van der Waals surface area contributed by atoms with Crippen LogP contribution < -0.4 is 0 Å². The van der Waals surface area contributed by atoms with E-state index in [-0.39, 0.29) is 0 Å². The summed E-state index contributed by atoms with van der Waals surface area (Å²) in [6, 6.07) is 5.20. The SMILES string of the molecule is CC1CCC(N(C2CCC(C)CC2)C2C3CCC(C(C)C)CC3C(N(C3CCC(C)CC3)C3CCC(C)CC3)C3CCC(C(C)C)CC32)CC1. The molecule has 0 bridgehead atoms. The Labute approximate surface area is 312 Å². The van der Waals surface area contributed by atoms with E-state index in [0.29, 0.717) is 0 Å². The van der Waals surface area contributed by atoms with Crippen LogP contribution in [0.25, 0.3) is 0 Å². The van der Waals surface area contributed by atoms with Crippen LogP contribution in [0.3, 0.4) is 0 Å². The van der Waals surface area contributed by atoms with Crippen LogP contribution in [-0.2, 0) is 0 Å². The molecule has 0 spiro atoms. The Bertz CT molecular complexity index is 893. The molecular weight excluding hydrogens is 605 g/mol. The van der Waals surface area contributed by atoms with Gasteiger partial charge in [-0.1, -0.05) is 55.4 Å². The fourth-order valence-electron chi connectivity index (χ4n) is 14.6. The molecular formula is C48H86N2. The molecule has 7 aliphatic carbocycles. The van der Waals surface area contributed by atoms with Crippen molar-refractivity contribution in [3.8, 4) is 0 Å². The molecule has 7 rings (SSSR count). The van der Waals surface area contributed by atoms with E-state index in [1.165, 1.54) is 116 Å². The zero-order chi connectivity index (χ0) is 35.1. The summed E-state index contributed by atoms with van der Waals surface area (Å²) in [4.78, 5) is 6.94. The normalized spacial score (nSPS) is 47.8. The number of fused-ring (bicyclic) bond motifs is 2. The molecule has 0 aromatic carbocycles. The van der Waals surface area contributed by atoms with Gasteiger partial charge in [0.05, 0.1) is 0 Å². The summed E-state index contributed by atoms with van der Waals surface area (Å²) in [5, 5.41) is 0. The van der Waals surface area contributed by atoms with Crippen LogP contribution in [-0.4, -0.2) is 46.1 Å². The Hall–Kier alpha value is -0.0800. The molecule has 8 unspecified atom stereocenters. The highest BCUT2D eigenvalue weighted by Gasteiger charge is 2.59. The second-order valence-electron chi connectivity index (χ2n) is 21.8. The van der Waals surface area contributed by atoms with Gasteiger partial charge in [-0.25, -0.2) is 0 Å². The quantitative estimate of drug-likeness (QED) is 0.250. The Morgan fingerprint density at radius 3 is 0.820 bits per heavy atom. The van der Waals surface area contributed by atoms with E-state index < -0.39 is 0 Å². The molecule has 50 heavy (non-hydrogen) atoms. The van der Waals surface area contributed by atoms with Crippen LogP contribution in [0.2, 0.25) is 0 Å². The Balaban J connectivity index is 1.32. The van der Waals surface area contributed by atoms with Crippen molar-refractivity contribution >= 4 is 0 Å². The summed E-state index contributed by atoms with van der Waals surface area (Å²) >= 11 is 0. The topological polar surface area (TPSA) is 6.48 Å². The van der Waals surface area contributed by atoms with Gasteiger partial charge in [-0.2, -0.15) is 0 Å². The second kappa shape index (κ2) is 16.7. The van der Waals surface area contributed by atoms with E-state index in [4.69, 9.17) is 0 Å². The van der Waals surface area contributed by atoms with Crippen molar-refractivity contribution in [2.45, 2.75) is 233 Å². The van der Waals surface area contributed by atoms with E-state index in [1.54, 1.807) is 25.7 Å². The van der Waals surface area contributed by atoms with E-state index in [1.807, 2.05) is 0 Å². The standard InChI is InChI=1S/C48H86N2/c1-31(2)37-17-27-43-45(29-37)47(49(39-19-9-33(5)10-20-39)40-21-11-34(6)12-22-40)44-28-18-38(32(3)4)30-46(44)48(43)50(41-23-13-35(7)14-24-41)42-25-15-36(8)16-26-42/h31-48H,9-30H2,1-8H3. The van der Waals surface area contributed by atoms with Gasteiger partial charge in [0.25, 0.3) is 0 Å². The summed E-state index contributed by atoms with van der Waals surface area (Å²) in [5.74, 6) is 11.1. The first-order chi connectivity index (χ1) is 24.1. The molecule has 0 radical (unpaired) electrons. The number of rotatable bonds is 8. The first-order valence-electron chi connectivity index (χ1n) is 23.6. The van der Waals surface area contributed by atoms with Crippen molar-refractivity contribution in [3.05, 3.63) is 0 Å². The third-order valence-electron chi connectivity index (χ3n) is 17.9. The molecule has 0 N–H and O–H groups in total. The maximum absolute atomic E-state index is 3.47. The van der Waals surface area contributed by atoms with E-state index in [2.05, 4.69) is 65.2 Å². The number of hydrogen-bond donors (Lipinski definition) is 0. The number of nitrogens with zero attached hydrogens (tertiary/aromatic N) is 2. The molecule has 0 saturated heterocycles. The third kappa shape index (κ3) is 8.13. The molecule has 7 aliphatic rings. The van der Waals surface area contributed by atoms with Gasteiger partial charge in [-0.05, 0) is 212 Å². The minimum Gasteiger partial charge on any atom is -0.294 e. The zero-order valence-electron chi connectivity index (χ0n) is 34.8. The van der Waals surface area contributed by atoms with Crippen LogP contribution in [0.5, 0.6) is 0 Å². The summed E-state index contributed by atoms with van der Waals surface area (Å²) in [6.45, 7) is 20.6. The molecule has 8 atom stereocenters. The third-order valence-corrected chi connectivity index (χ3v) is 17.9. The summed E-state index contributed by atoms with van der Waals surface area (Å²) < 4.78 is 0. The van der Waals surface area contributed by atoms with E-state index >= 15 is 0 Å². The molecule has 7 saturated carbocycles. The Morgan fingerprint density at radius 2 is 0.580 bits per heavy atom. The zero-order valence-corrected chi connectivity index (χ0v) is 34.8. The molecule has 0 aromatic rings. The van der Waals surface area contributed by atoms with Crippen molar-refractivity contribution in [2.75, 3.05) is 0 Å². The van der Waals surface area contributed by atoms with Crippen molar-refractivity contribution in [1.29, 1.82) is 0 Å². The van der Waals surface area contributed by atoms with Gasteiger partial charge in [0.1, 0.15) is 0 Å². The fraction of sp³-hybridized carbons (Fsp3) is 1.00. The lowest BCUT2D eigenvalue weighted by Crippen LogP contribution is -2.69. The van der Waals surface area contributed by atoms with Crippen LogP contribution in [0.15, 0.2) is 0 Å². The maximum Gasteiger partial charge on any atom is 0.0164 e. The van der Waals surface area contributed by atoms with Gasteiger partial charge in [-0.3, -0.25) is 9.80 Å². The van der Waals surface area contributed by atoms with Crippen molar-refractivity contribution in [3.63, 3.8) is 0 Å². The second-order valence-corrected chi connectivity index (χ2v) is 21.8. The Kier molecular flexibility index (Phi) is 12.8. The molecule has 2 heteroatoms. The molecule has 288 valence electrons. The van der Waals surface area contributed by atoms with Crippen molar-refractivity contribution < 1.29 is 0 Å². The maximum atomic E-state index is 3.47. The monoisotopic (exact) mass is 691 g/mol. The van der Waals surface area contributed by atoms with Gasteiger partial charge < -0.3 is 0 Å². The van der Waals surface area contributed by atoms with Crippen LogP contribution in [0.1, 0.15) is 197 Å². The Morgan fingerprint density at radius 1 is 0.320 bits per heavy atom. The molecule has 0 amide bonds. The van der Waals surface area contributed by atoms with Gasteiger partial charge >= 0.3 is 0 Å². The smallest absolute Gasteiger partial charge is 0.0164 e. The van der Waals surface area contributed by atoms with Crippen LogP contribution in [0.4, 0.5) is 0 Å². The molecule has 7 fully saturated rings. The fourth-order valence-corrected chi connectivity index (χ4v) is 14.6. The average molecular weight is 691 g/mol. The average Bonchev–Trinajstić information content (AvgIpc) is 3.11. The first-order valence-corrected chi connectivity index (χ1v) is 23.6. The highest BCUT2D eigenvalue weighted by Crippen LogP contribution is 2.59. The molecule has 0 heterocycles.